The van der Waals surface area contributed by atoms with E-state index >= 15 is 0 Å². The minimum atomic E-state index is -4.28. The number of halogens is 1. The molecule has 2 amide bonds. The highest BCUT2D eigenvalue weighted by Crippen LogP contribution is 2.33. The molecule has 0 bridgehead atoms. The molecular weight excluding hydrogens is 578 g/mol. The Morgan fingerprint density at radius 3 is 2.12 bits per heavy atom. The van der Waals surface area contributed by atoms with Gasteiger partial charge in [-0.1, -0.05) is 48.9 Å². The van der Waals surface area contributed by atoms with E-state index in [9.17, 15) is 18.0 Å². The van der Waals surface area contributed by atoms with Crippen LogP contribution < -0.4 is 19.1 Å². The molecule has 9 nitrogen and oxygen atoms in total. The molecule has 0 heterocycles. The second-order valence-corrected chi connectivity index (χ2v) is 12.9. The van der Waals surface area contributed by atoms with Gasteiger partial charge < -0.3 is 19.7 Å². The van der Waals surface area contributed by atoms with Crippen molar-refractivity contribution in [2.75, 3.05) is 25.1 Å². The van der Waals surface area contributed by atoms with Crippen molar-refractivity contribution in [2.45, 2.75) is 57.1 Å². The van der Waals surface area contributed by atoms with Crippen LogP contribution in [-0.4, -0.2) is 57.5 Å². The number of nitrogens with one attached hydrogen (secondary N) is 1. The molecule has 3 aromatic rings. The summed E-state index contributed by atoms with van der Waals surface area (Å²) >= 11 is 6.45. The highest BCUT2D eigenvalue weighted by Gasteiger charge is 2.35. The summed E-state index contributed by atoms with van der Waals surface area (Å²) in [4.78, 5) is 29.0. The molecule has 11 heteroatoms. The van der Waals surface area contributed by atoms with Crippen molar-refractivity contribution in [1.29, 1.82) is 0 Å². The van der Waals surface area contributed by atoms with E-state index in [4.69, 9.17) is 21.1 Å². The van der Waals surface area contributed by atoms with Crippen molar-refractivity contribution in [2.24, 2.45) is 0 Å². The molecular formula is C31H38ClN3O6S. The van der Waals surface area contributed by atoms with E-state index in [2.05, 4.69) is 5.32 Å². The monoisotopic (exact) mass is 615 g/mol. The van der Waals surface area contributed by atoms with Crippen LogP contribution in [0.15, 0.2) is 77.7 Å². The molecule has 0 aliphatic carbocycles. The van der Waals surface area contributed by atoms with Crippen LogP contribution in [0.5, 0.6) is 11.5 Å². The third-order valence-corrected chi connectivity index (χ3v) is 8.61. The first-order valence-corrected chi connectivity index (χ1v) is 15.3. The number of benzene rings is 3. The van der Waals surface area contributed by atoms with Crippen molar-refractivity contribution in [3.63, 3.8) is 0 Å². The third kappa shape index (κ3) is 7.95. The summed E-state index contributed by atoms with van der Waals surface area (Å²) in [5, 5.41) is 3.37. The van der Waals surface area contributed by atoms with E-state index in [0.717, 1.165) is 4.31 Å². The maximum Gasteiger partial charge on any atom is 0.264 e. The SMILES string of the molecule is CC[C@@H](C(=O)NC(C)(C)C)N(Cc1ccccc1Cl)C(=O)CN(c1ccccc1OC)S(=O)(=O)c1ccc(OC)cc1. The summed E-state index contributed by atoms with van der Waals surface area (Å²) in [5.74, 6) is -0.200. The average Bonchev–Trinajstić information content (AvgIpc) is 2.95. The number of sulfonamides is 1. The molecule has 0 fully saturated rings. The van der Waals surface area contributed by atoms with Gasteiger partial charge in [0.15, 0.2) is 0 Å². The molecule has 0 aromatic heterocycles. The van der Waals surface area contributed by atoms with Gasteiger partial charge in [-0.25, -0.2) is 8.42 Å². The van der Waals surface area contributed by atoms with Gasteiger partial charge in [-0.2, -0.15) is 0 Å². The zero-order chi connectivity index (χ0) is 31.1. The fourth-order valence-corrected chi connectivity index (χ4v) is 6.03. The molecule has 1 atom stereocenters. The molecule has 0 saturated heterocycles. The Balaban J connectivity index is 2.12. The normalized spacial score (nSPS) is 12.3. The second kappa shape index (κ2) is 13.9. The molecule has 0 radical (unpaired) electrons. The number of carbonyl (C=O) groups is 2. The van der Waals surface area contributed by atoms with E-state index in [1.54, 1.807) is 55.5 Å². The summed E-state index contributed by atoms with van der Waals surface area (Å²) in [7, 11) is -1.37. The lowest BCUT2D eigenvalue weighted by atomic mass is 10.1. The topological polar surface area (TPSA) is 105 Å². The Labute approximate surface area is 253 Å². The van der Waals surface area contributed by atoms with Gasteiger partial charge in [0.05, 0.1) is 24.8 Å². The molecule has 0 spiro atoms. The Morgan fingerprint density at radius 1 is 0.929 bits per heavy atom. The number of rotatable bonds is 12. The van der Waals surface area contributed by atoms with Crippen molar-refractivity contribution in [1.82, 2.24) is 10.2 Å². The predicted molar refractivity (Wildman–Crippen MR) is 164 cm³/mol. The largest absolute Gasteiger partial charge is 0.497 e. The number of hydrogen-bond acceptors (Lipinski definition) is 6. The van der Waals surface area contributed by atoms with Crippen LogP contribution in [0.1, 0.15) is 39.7 Å². The van der Waals surface area contributed by atoms with Gasteiger partial charge in [0.1, 0.15) is 24.1 Å². The molecule has 3 aromatic carbocycles. The lowest BCUT2D eigenvalue weighted by Gasteiger charge is -2.35. The second-order valence-electron chi connectivity index (χ2n) is 10.6. The van der Waals surface area contributed by atoms with Gasteiger partial charge in [0.2, 0.25) is 11.8 Å². The van der Waals surface area contributed by atoms with Crippen LogP contribution in [0, 0.1) is 0 Å². The number of hydrogen-bond donors (Lipinski definition) is 1. The molecule has 3 rings (SSSR count). The predicted octanol–water partition coefficient (Wildman–Crippen LogP) is 5.27. The average molecular weight is 616 g/mol. The fourth-order valence-electron chi connectivity index (χ4n) is 4.41. The Hall–Kier alpha value is -3.76. The van der Waals surface area contributed by atoms with Gasteiger partial charge in [-0.3, -0.25) is 13.9 Å². The Kier molecular flexibility index (Phi) is 10.9. The van der Waals surface area contributed by atoms with Crippen molar-refractivity contribution in [3.8, 4) is 11.5 Å². The minimum Gasteiger partial charge on any atom is -0.497 e. The van der Waals surface area contributed by atoms with Crippen molar-refractivity contribution >= 4 is 39.1 Å². The number of nitrogens with zero attached hydrogens (tertiary/aromatic N) is 2. The third-order valence-electron chi connectivity index (χ3n) is 6.46. The van der Waals surface area contributed by atoms with E-state index in [-0.39, 0.29) is 35.2 Å². The molecule has 1 N–H and O–H groups in total. The summed E-state index contributed by atoms with van der Waals surface area (Å²) in [6.45, 7) is 6.75. The lowest BCUT2D eigenvalue weighted by molar-refractivity contribution is -0.141. The van der Waals surface area contributed by atoms with Gasteiger partial charge in [-0.15, -0.1) is 0 Å². The Bertz CT molecular complexity index is 1490. The van der Waals surface area contributed by atoms with Crippen LogP contribution in [0.2, 0.25) is 5.02 Å². The number of para-hydroxylation sites is 2. The molecule has 0 aliphatic heterocycles. The van der Waals surface area contributed by atoms with Crippen molar-refractivity contribution < 1.29 is 27.5 Å². The lowest BCUT2D eigenvalue weighted by Crippen LogP contribution is -2.55. The zero-order valence-corrected chi connectivity index (χ0v) is 26.3. The number of methoxy groups -OCH3 is 2. The van der Waals surface area contributed by atoms with Crippen LogP contribution in [0.3, 0.4) is 0 Å². The number of amides is 2. The summed E-state index contributed by atoms with van der Waals surface area (Å²) in [6, 6.07) is 18.6. The molecule has 0 aliphatic rings. The molecule has 0 unspecified atom stereocenters. The number of ether oxygens (including phenoxy) is 2. The van der Waals surface area contributed by atoms with E-state index in [0.29, 0.717) is 16.3 Å². The summed E-state index contributed by atoms with van der Waals surface area (Å²) < 4.78 is 39.8. The van der Waals surface area contributed by atoms with E-state index in [1.807, 2.05) is 20.8 Å². The highest BCUT2D eigenvalue weighted by molar-refractivity contribution is 7.92. The van der Waals surface area contributed by atoms with Gasteiger partial charge in [0, 0.05) is 17.1 Å². The summed E-state index contributed by atoms with van der Waals surface area (Å²) in [6.07, 6.45) is 0.290. The first-order valence-electron chi connectivity index (χ1n) is 13.5. The van der Waals surface area contributed by atoms with E-state index < -0.39 is 34.1 Å². The maximum atomic E-state index is 14.2. The van der Waals surface area contributed by atoms with Crippen LogP contribution >= 0.6 is 11.6 Å². The number of carbonyl (C=O) groups excluding carboxylic acids is 2. The van der Waals surface area contributed by atoms with Crippen LogP contribution in [0.4, 0.5) is 5.69 Å². The Morgan fingerprint density at radius 2 is 1.55 bits per heavy atom. The number of anilines is 1. The van der Waals surface area contributed by atoms with Gasteiger partial charge >= 0.3 is 0 Å². The first-order chi connectivity index (χ1) is 19.8. The standard InChI is InChI=1S/C31H38ClN3O6S/c1-7-26(30(37)33-31(2,3)4)34(20-22-12-8-9-13-25(22)32)29(36)21-35(27-14-10-11-15-28(27)41-6)42(38,39)24-18-16-23(40-5)17-19-24/h8-19,26H,7,20-21H2,1-6H3,(H,33,37)/t26-/m0/s1. The highest BCUT2D eigenvalue weighted by atomic mass is 35.5. The molecule has 42 heavy (non-hydrogen) atoms. The zero-order valence-electron chi connectivity index (χ0n) is 24.8. The smallest absolute Gasteiger partial charge is 0.264 e. The summed E-state index contributed by atoms with van der Waals surface area (Å²) in [5.41, 5.74) is 0.246. The fraction of sp³-hybridized carbons (Fsp3) is 0.355. The van der Waals surface area contributed by atoms with E-state index in [1.165, 1.54) is 43.4 Å². The van der Waals surface area contributed by atoms with Crippen LogP contribution in [0.25, 0.3) is 0 Å². The van der Waals surface area contributed by atoms with Gasteiger partial charge in [0.25, 0.3) is 10.0 Å². The first kappa shape index (κ1) is 32.8. The van der Waals surface area contributed by atoms with Crippen LogP contribution in [-0.2, 0) is 26.2 Å². The quantitative estimate of drug-likeness (QED) is 0.297. The molecule has 226 valence electrons. The molecule has 0 saturated carbocycles. The van der Waals surface area contributed by atoms with Crippen molar-refractivity contribution in [3.05, 3.63) is 83.4 Å². The minimum absolute atomic E-state index is 0.00305. The maximum absolute atomic E-state index is 14.2. The van der Waals surface area contributed by atoms with Gasteiger partial charge in [-0.05, 0) is 75.2 Å².